The summed E-state index contributed by atoms with van der Waals surface area (Å²) in [6.07, 6.45) is 0. The van der Waals surface area contributed by atoms with Crippen molar-refractivity contribution >= 4 is 39.9 Å². The van der Waals surface area contributed by atoms with E-state index in [9.17, 15) is 4.79 Å². The highest BCUT2D eigenvalue weighted by Gasteiger charge is 2.06. The van der Waals surface area contributed by atoms with Gasteiger partial charge in [0.1, 0.15) is 0 Å². The highest BCUT2D eigenvalue weighted by atomic mass is 35.5. The molecule has 1 aromatic heterocycles. The zero-order valence-corrected chi connectivity index (χ0v) is 8.19. The molecule has 2 aromatic rings. The molecular formula is C8H7ClN2OS. The number of aromatic nitrogens is 1. The van der Waals surface area contributed by atoms with Crippen LogP contribution in [0.15, 0.2) is 23.7 Å². The Hall–Kier alpha value is -1.13. The quantitative estimate of drug-likeness (QED) is 0.787. The lowest BCUT2D eigenvalue weighted by atomic mass is 10.2. The van der Waals surface area contributed by atoms with E-state index in [1.54, 1.807) is 17.6 Å². The van der Waals surface area contributed by atoms with Crippen molar-refractivity contribution in [3.8, 4) is 0 Å². The number of thiazole rings is 1. The van der Waals surface area contributed by atoms with Gasteiger partial charge in [0.05, 0.1) is 21.3 Å². The third-order valence-electron chi connectivity index (χ3n) is 1.62. The molecule has 1 heterocycles. The smallest absolute Gasteiger partial charge is 0.250 e. The van der Waals surface area contributed by atoms with E-state index in [-0.39, 0.29) is 12.4 Å². The van der Waals surface area contributed by atoms with Gasteiger partial charge in [0.15, 0.2) is 0 Å². The number of rotatable bonds is 1. The molecule has 0 aliphatic carbocycles. The standard InChI is InChI=1S/C8H6N2OS.ClH/c9-8(11)5-2-1-3-6-7(5)12-4-10-6;/h1-4H,(H2,9,11);1H. The molecule has 5 heteroatoms. The molecule has 0 spiro atoms. The maximum atomic E-state index is 10.9. The van der Waals surface area contributed by atoms with Crippen molar-refractivity contribution in [1.29, 1.82) is 0 Å². The minimum Gasteiger partial charge on any atom is -0.366 e. The van der Waals surface area contributed by atoms with E-state index in [0.717, 1.165) is 10.2 Å². The summed E-state index contributed by atoms with van der Waals surface area (Å²) in [6.45, 7) is 0. The SMILES string of the molecule is Cl.NC(=O)c1cccc2ncsc12. The van der Waals surface area contributed by atoms with E-state index >= 15 is 0 Å². The van der Waals surface area contributed by atoms with Gasteiger partial charge in [-0.3, -0.25) is 4.79 Å². The molecular weight excluding hydrogens is 208 g/mol. The van der Waals surface area contributed by atoms with E-state index in [1.165, 1.54) is 11.3 Å². The minimum atomic E-state index is -0.398. The number of nitrogens with two attached hydrogens (primary N) is 1. The zero-order valence-electron chi connectivity index (χ0n) is 6.56. The van der Waals surface area contributed by atoms with Gasteiger partial charge in [-0.15, -0.1) is 23.7 Å². The Morgan fingerprint density at radius 3 is 2.92 bits per heavy atom. The normalized spacial score (nSPS) is 9.54. The van der Waals surface area contributed by atoms with E-state index in [4.69, 9.17) is 5.73 Å². The van der Waals surface area contributed by atoms with E-state index < -0.39 is 5.91 Å². The second-order valence-corrected chi connectivity index (χ2v) is 3.23. The minimum absolute atomic E-state index is 0. The second kappa shape index (κ2) is 3.72. The molecule has 0 saturated heterocycles. The number of benzene rings is 1. The van der Waals surface area contributed by atoms with Crippen LogP contribution < -0.4 is 5.73 Å². The number of carbonyl (C=O) groups is 1. The Kier molecular flexibility index (Phi) is 2.85. The Balaban J connectivity index is 0.000000845. The molecule has 0 aliphatic rings. The van der Waals surface area contributed by atoms with E-state index in [1.807, 2.05) is 6.07 Å². The molecule has 68 valence electrons. The van der Waals surface area contributed by atoms with E-state index in [0.29, 0.717) is 5.56 Å². The predicted molar refractivity (Wildman–Crippen MR) is 55.4 cm³/mol. The lowest BCUT2D eigenvalue weighted by Crippen LogP contribution is -2.10. The summed E-state index contributed by atoms with van der Waals surface area (Å²) in [6, 6.07) is 5.35. The Morgan fingerprint density at radius 2 is 2.23 bits per heavy atom. The number of hydrogen-bond acceptors (Lipinski definition) is 3. The fourth-order valence-corrected chi connectivity index (χ4v) is 1.89. The van der Waals surface area contributed by atoms with Crippen molar-refractivity contribution in [2.45, 2.75) is 0 Å². The van der Waals surface area contributed by atoms with Crippen LogP contribution in [0.4, 0.5) is 0 Å². The number of carbonyl (C=O) groups excluding carboxylic acids is 1. The van der Waals surface area contributed by atoms with Gasteiger partial charge in [0.2, 0.25) is 5.91 Å². The molecule has 0 saturated carbocycles. The largest absolute Gasteiger partial charge is 0.366 e. The highest BCUT2D eigenvalue weighted by Crippen LogP contribution is 2.21. The first-order valence-electron chi connectivity index (χ1n) is 3.41. The number of fused-ring (bicyclic) bond motifs is 1. The number of halogens is 1. The number of amides is 1. The zero-order chi connectivity index (χ0) is 8.55. The summed E-state index contributed by atoms with van der Waals surface area (Å²) in [5, 5.41) is 0. The van der Waals surface area contributed by atoms with Crippen LogP contribution in [0.5, 0.6) is 0 Å². The van der Waals surface area contributed by atoms with Gasteiger partial charge in [0.25, 0.3) is 0 Å². The van der Waals surface area contributed by atoms with Crippen LogP contribution in [0.25, 0.3) is 10.2 Å². The fourth-order valence-electron chi connectivity index (χ4n) is 1.08. The molecule has 0 fully saturated rings. The molecule has 0 aliphatic heterocycles. The van der Waals surface area contributed by atoms with Crippen molar-refractivity contribution in [3.63, 3.8) is 0 Å². The first-order chi connectivity index (χ1) is 5.79. The first kappa shape index (κ1) is 9.95. The lowest BCUT2D eigenvalue weighted by Gasteiger charge is -1.94. The molecule has 2 rings (SSSR count). The van der Waals surface area contributed by atoms with Gasteiger partial charge < -0.3 is 5.73 Å². The van der Waals surface area contributed by atoms with Gasteiger partial charge >= 0.3 is 0 Å². The molecule has 1 amide bonds. The summed E-state index contributed by atoms with van der Waals surface area (Å²) >= 11 is 1.43. The molecule has 2 N–H and O–H groups in total. The topological polar surface area (TPSA) is 56.0 Å². The number of nitrogens with zero attached hydrogens (tertiary/aromatic N) is 1. The van der Waals surface area contributed by atoms with Crippen LogP contribution in [0.3, 0.4) is 0 Å². The van der Waals surface area contributed by atoms with Gasteiger partial charge in [-0.05, 0) is 12.1 Å². The average Bonchev–Trinajstić information content (AvgIpc) is 2.49. The summed E-state index contributed by atoms with van der Waals surface area (Å²) in [5.41, 5.74) is 8.27. The fraction of sp³-hybridized carbons (Fsp3) is 0. The summed E-state index contributed by atoms with van der Waals surface area (Å²) in [4.78, 5) is 15.0. The average molecular weight is 215 g/mol. The van der Waals surface area contributed by atoms with Crippen LogP contribution in [0.1, 0.15) is 10.4 Å². The molecule has 0 bridgehead atoms. The Bertz CT molecular complexity index is 440. The third-order valence-corrected chi connectivity index (χ3v) is 2.50. The molecule has 3 nitrogen and oxygen atoms in total. The van der Waals surface area contributed by atoms with Crippen LogP contribution in [0, 0.1) is 0 Å². The molecule has 0 atom stereocenters. The van der Waals surface area contributed by atoms with Crippen molar-refractivity contribution in [1.82, 2.24) is 4.98 Å². The second-order valence-electron chi connectivity index (χ2n) is 2.37. The van der Waals surface area contributed by atoms with Crippen molar-refractivity contribution in [2.24, 2.45) is 5.73 Å². The predicted octanol–water partition coefficient (Wildman–Crippen LogP) is 1.82. The van der Waals surface area contributed by atoms with Gasteiger partial charge in [-0.25, -0.2) is 4.98 Å². The monoisotopic (exact) mass is 214 g/mol. The molecule has 0 unspecified atom stereocenters. The maximum Gasteiger partial charge on any atom is 0.250 e. The van der Waals surface area contributed by atoms with Crippen LogP contribution in [0.2, 0.25) is 0 Å². The van der Waals surface area contributed by atoms with E-state index in [2.05, 4.69) is 4.98 Å². The maximum absolute atomic E-state index is 10.9. The Labute approximate surface area is 85.0 Å². The number of hydrogen-bond donors (Lipinski definition) is 1. The third kappa shape index (κ3) is 1.64. The van der Waals surface area contributed by atoms with Crippen LogP contribution >= 0.6 is 23.7 Å². The first-order valence-corrected chi connectivity index (χ1v) is 4.29. The van der Waals surface area contributed by atoms with Crippen LogP contribution in [-0.4, -0.2) is 10.9 Å². The summed E-state index contributed by atoms with van der Waals surface area (Å²) in [7, 11) is 0. The molecule has 13 heavy (non-hydrogen) atoms. The lowest BCUT2D eigenvalue weighted by molar-refractivity contribution is 0.100. The molecule has 0 radical (unpaired) electrons. The van der Waals surface area contributed by atoms with Crippen LogP contribution in [-0.2, 0) is 0 Å². The summed E-state index contributed by atoms with van der Waals surface area (Å²) < 4.78 is 0.866. The van der Waals surface area contributed by atoms with Crippen molar-refractivity contribution in [2.75, 3.05) is 0 Å². The number of primary amides is 1. The Morgan fingerprint density at radius 1 is 1.46 bits per heavy atom. The van der Waals surface area contributed by atoms with Gasteiger partial charge in [-0.2, -0.15) is 0 Å². The van der Waals surface area contributed by atoms with Gasteiger partial charge in [-0.1, -0.05) is 6.07 Å². The summed E-state index contributed by atoms with van der Waals surface area (Å²) in [5.74, 6) is -0.398. The molecule has 1 aromatic carbocycles. The van der Waals surface area contributed by atoms with Crippen molar-refractivity contribution in [3.05, 3.63) is 29.3 Å². The van der Waals surface area contributed by atoms with Crippen molar-refractivity contribution < 1.29 is 4.79 Å². The van der Waals surface area contributed by atoms with Gasteiger partial charge in [0, 0.05) is 0 Å². The highest BCUT2D eigenvalue weighted by molar-refractivity contribution is 7.17.